The number of aliphatic hydroxyl groups is 1. The molecule has 0 saturated heterocycles. The third-order valence-corrected chi connectivity index (χ3v) is 6.19. The Bertz CT molecular complexity index is 743. The van der Waals surface area contributed by atoms with Crippen LogP contribution >= 0.6 is 11.8 Å². The summed E-state index contributed by atoms with van der Waals surface area (Å²) in [6, 6.07) is 3.40. The number of nitrogens with one attached hydrogen (secondary N) is 2. The van der Waals surface area contributed by atoms with Crippen molar-refractivity contribution in [2.24, 2.45) is 0 Å². The fourth-order valence-corrected chi connectivity index (χ4v) is 4.63. The molecule has 26 heavy (non-hydrogen) atoms. The minimum atomic E-state index is -1.15. The van der Waals surface area contributed by atoms with Gasteiger partial charge in [-0.25, -0.2) is 0 Å². The van der Waals surface area contributed by atoms with Crippen molar-refractivity contribution in [3.63, 3.8) is 0 Å². The minimum Gasteiger partial charge on any atom is -0.506 e. The van der Waals surface area contributed by atoms with Crippen molar-refractivity contribution in [3.8, 4) is 0 Å². The molecule has 1 aromatic carbocycles. The molecule has 0 aromatic heterocycles. The molecule has 0 bridgehead atoms. The van der Waals surface area contributed by atoms with Gasteiger partial charge in [0.2, 0.25) is 0 Å². The van der Waals surface area contributed by atoms with Gasteiger partial charge in [0, 0.05) is 29.5 Å². The van der Waals surface area contributed by atoms with Crippen molar-refractivity contribution in [3.05, 3.63) is 28.8 Å². The summed E-state index contributed by atoms with van der Waals surface area (Å²) in [7, 11) is 0.335. The van der Waals surface area contributed by atoms with Crippen LogP contribution in [-0.2, 0) is 15.6 Å². The van der Waals surface area contributed by atoms with E-state index in [1.54, 1.807) is 30.2 Å². The Balaban J connectivity index is 3.59. The highest BCUT2D eigenvalue weighted by molar-refractivity contribution is 7.99. The summed E-state index contributed by atoms with van der Waals surface area (Å²) in [6.45, 7) is 5.86. The molecule has 1 unspecified atom stereocenters. The van der Waals surface area contributed by atoms with Crippen LogP contribution in [0.1, 0.15) is 44.2 Å². The first-order valence-electron chi connectivity index (χ1n) is 8.63. The topological polar surface area (TPSA) is 90.2 Å². The second-order valence-corrected chi connectivity index (χ2v) is 8.46. The molecule has 0 aliphatic rings. The summed E-state index contributed by atoms with van der Waals surface area (Å²) in [6.07, 6.45) is 3.73. The molecule has 0 spiro atoms. The van der Waals surface area contributed by atoms with Crippen LogP contribution in [0.3, 0.4) is 0 Å². The molecule has 0 heterocycles. The maximum atomic E-state index is 12.3. The van der Waals surface area contributed by atoms with Gasteiger partial charge in [0.25, 0.3) is 5.91 Å². The first-order valence-corrected chi connectivity index (χ1v) is 11.2. The van der Waals surface area contributed by atoms with Gasteiger partial charge in [0.15, 0.2) is 0 Å². The number of likely N-dealkylation sites (N-methyl/N-ethyl adjacent to an activating group) is 1. The third-order valence-electron chi connectivity index (χ3n) is 4.00. The molecular weight excluding hydrogens is 368 g/mol. The molecule has 1 aromatic rings. The van der Waals surface area contributed by atoms with E-state index in [0.717, 1.165) is 29.1 Å². The number of carbonyl (C=O) groups excluding carboxylic acids is 1. The van der Waals surface area contributed by atoms with Crippen LogP contribution in [0.4, 0.5) is 0 Å². The summed E-state index contributed by atoms with van der Waals surface area (Å²) < 4.78 is 12.0. The monoisotopic (exact) mass is 396 g/mol. The zero-order chi connectivity index (χ0) is 19.9. The number of benzene rings is 1. The molecule has 1 rings (SSSR count). The lowest BCUT2D eigenvalue weighted by Crippen LogP contribution is -2.26. The molecule has 0 fully saturated rings. The largest absolute Gasteiger partial charge is 0.506 e. The van der Waals surface area contributed by atoms with Crippen molar-refractivity contribution < 1.29 is 14.1 Å². The van der Waals surface area contributed by atoms with Gasteiger partial charge in [-0.15, -0.1) is 11.8 Å². The predicted molar refractivity (Wildman–Crippen MR) is 111 cm³/mol. The minimum absolute atomic E-state index is 0.00173. The standard InChI is InChI=1S/C19H28N2O3S2/c1-6-8-9-14(20)16(19(23)21-4)17(22)13-10-11-15(26(5)24)18(12(13)3)25-7-2/h10-11,20,22H,6-9H2,1-5H3,(H,21,23). The zero-order valence-electron chi connectivity index (χ0n) is 16.1. The molecule has 1 amide bonds. The highest BCUT2D eigenvalue weighted by Crippen LogP contribution is 2.34. The smallest absolute Gasteiger partial charge is 0.256 e. The van der Waals surface area contributed by atoms with E-state index in [0.29, 0.717) is 16.9 Å². The van der Waals surface area contributed by atoms with Gasteiger partial charge in [-0.1, -0.05) is 20.3 Å². The van der Waals surface area contributed by atoms with Crippen LogP contribution in [0.25, 0.3) is 5.76 Å². The van der Waals surface area contributed by atoms with Gasteiger partial charge in [-0.05, 0) is 43.2 Å². The first kappa shape index (κ1) is 22.4. The Hall–Kier alpha value is -1.60. The van der Waals surface area contributed by atoms with E-state index >= 15 is 0 Å². The van der Waals surface area contributed by atoms with Gasteiger partial charge in [-0.3, -0.25) is 9.00 Å². The maximum absolute atomic E-state index is 12.3. The number of amides is 1. The Morgan fingerprint density at radius 1 is 1.35 bits per heavy atom. The van der Waals surface area contributed by atoms with E-state index < -0.39 is 16.7 Å². The van der Waals surface area contributed by atoms with E-state index in [1.807, 2.05) is 20.8 Å². The lowest BCUT2D eigenvalue weighted by molar-refractivity contribution is -0.116. The fourth-order valence-electron chi connectivity index (χ4n) is 2.60. The fraction of sp³-hybridized carbons (Fsp3) is 0.474. The van der Waals surface area contributed by atoms with Crippen molar-refractivity contribution in [1.29, 1.82) is 5.41 Å². The number of hydrogen-bond donors (Lipinski definition) is 3. The van der Waals surface area contributed by atoms with E-state index in [-0.39, 0.29) is 17.0 Å². The molecular formula is C19H28N2O3S2. The summed E-state index contributed by atoms with van der Waals surface area (Å²) in [5, 5.41) is 21.6. The molecule has 0 aliphatic carbocycles. The molecule has 0 saturated carbocycles. The van der Waals surface area contributed by atoms with Gasteiger partial charge in [0.05, 0.1) is 15.7 Å². The number of hydrogen-bond acceptors (Lipinski definition) is 5. The van der Waals surface area contributed by atoms with E-state index in [4.69, 9.17) is 5.41 Å². The summed E-state index contributed by atoms with van der Waals surface area (Å²) in [4.78, 5) is 13.9. The molecule has 1 atom stereocenters. The summed E-state index contributed by atoms with van der Waals surface area (Å²) >= 11 is 1.56. The van der Waals surface area contributed by atoms with E-state index in [9.17, 15) is 14.1 Å². The quantitative estimate of drug-likeness (QED) is 0.254. The van der Waals surface area contributed by atoms with Crippen molar-refractivity contribution in [2.75, 3.05) is 19.1 Å². The Labute approximate surface area is 162 Å². The van der Waals surface area contributed by atoms with Crippen molar-refractivity contribution in [1.82, 2.24) is 5.32 Å². The maximum Gasteiger partial charge on any atom is 0.256 e. The molecule has 144 valence electrons. The third kappa shape index (κ3) is 5.20. The average Bonchev–Trinajstić information content (AvgIpc) is 2.61. The van der Waals surface area contributed by atoms with Crippen molar-refractivity contribution in [2.45, 2.75) is 49.8 Å². The zero-order valence-corrected chi connectivity index (χ0v) is 17.7. The van der Waals surface area contributed by atoms with Gasteiger partial charge in [-0.2, -0.15) is 0 Å². The second kappa shape index (κ2) is 10.5. The number of aliphatic hydroxyl groups excluding tert-OH is 1. The van der Waals surface area contributed by atoms with Crippen LogP contribution in [0.5, 0.6) is 0 Å². The van der Waals surface area contributed by atoms with Crippen molar-refractivity contribution >= 4 is 39.9 Å². The molecule has 3 N–H and O–H groups in total. The van der Waals surface area contributed by atoms with Gasteiger partial charge < -0.3 is 15.8 Å². The molecule has 5 nitrogen and oxygen atoms in total. The Morgan fingerprint density at radius 2 is 2.00 bits per heavy atom. The summed E-state index contributed by atoms with van der Waals surface area (Å²) in [5.74, 6) is 0.123. The number of unbranched alkanes of at least 4 members (excludes halogenated alkanes) is 1. The Kier molecular flexibility index (Phi) is 9.08. The van der Waals surface area contributed by atoms with Crippen LogP contribution in [0, 0.1) is 12.3 Å². The van der Waals surface area contributed by atoms with Crippen LogP contribution in [-0.4, -0.2) is 40.0 Å². The SMILES string of the molecule is CCCCC(=N)C(C(=O)NC)=C(O)c1ccc(S(C)=O)c(SCC)c1C. The summed E-state index contributed by atoms with van der Waals surface area (Å²) in [5.41, 5.74) is 1.39. The van der Waals surface area contributed by atoms with Crippen LogP contribution in [0.15, 0.2) is 27.5 Å². The Morgan fingerprint density at radius 3 is 2.50 bits per heavy atom. The highest BCUT2D eigenvalue weighted by Gasteiger charge is 2.23. The molecule has 0 radical (unpaired) electrons. The number of thioether (sulfide) groups is 1. The molecule has 7 heteroatoms. The van der Waals surface area contributed by atoms with E-state index in [1.165, 1.54) is 7.05 Å². The second-order valence-electron chi connectivity index (χ2n) is 5.84. The highest BCUT2D eigenvalue weighted by atomic mass is 32.2. The first-order chi connectivity index (χ1) is 12.3. The normalized spacial score (nSPS) is 13.1. The van der Waals surface area contributed by atoms with Crippen LogP contribution in [0.2, 0.25) is 0 Å². The van der Waals surface area contributed by atoms with Gasteiger partial charge >= 0.3 is 0 Å². The van der Waals surface area contributed by atoms with Gasteiger partial charge in [0.1, 0.15) is 11.3 Å². The average molecular weight is 397 g/mol. The molecule has 0 aliphatic heterocycles. The number of rotatable bonds is 9. The predicted octanol–water partition coefficient (Wildman–Crippen LogP) is 4.07. The van der Waals surface area contributed by atoms with Crippen LogP contribution < -0.4 is 5.32 Å². The lowest BCUT2D eigenvalue weighted by Gasteiger charge is -2.16. The van der Waals surface area contributed by atoms with E-state index in [2.05, 4.69) is 5.32 Å². The number of carbonyl (C=O) groups is 1. The lowest BCUT2D eigenvalue weighted by atomic mass is 9.97.